The van der Waals surface area contributed by atoms with Crippen LogP contribution < -0.4 is 19.7 Å². The molecule has 2 aliphatic rings. The maximum absolute atomic E-state index is 13.8. The van der Waals surface area contributed by atoms with Crippen molar-refractivity contribution >= 4 is 68.2 Å². The summed E-state index contributed by atoms with van der Waals surface area (Å²) in [5.74, 6) is -0.145. The third-order valence-corrected chi connectivity index (χ3v) is 11.7. The Morgan fingerprint density at radius 2 is 1.77 bits per heavy atom. The summed E-state index contributed by atoms with van der Waals surface area (Å²) in [5.41, 5.74) is 1.72. The molecule has 2 atom stereocenters. The smallest absolute Gasteiger partial charge is 0.416 e. The molecule has 5 aromatic rings. The van der Waals surface area contributed by atoms with Gasteiger partial charge in [-0.2, -0.15) is 0 Å². The number of aliphatic hydroxyl groups excluding tert-OH is 1. The lowest BCUT2D eigenvalue weighted by Crippen LogP contribution is -2.50. The van der Waals surface area contributed by atoms with Gasteiger partial charge in [-0.05, 0) is 78.2 Å². The second-order valence-corrected chi connectivity index (χ2v) is 16.1. The Morgan fingerprint density at radius 3 is 2.49 bits per heavy atom. The van der Waals surface area contributed by atoms with Gasteiger partial charge in [-0.25, -0.2) is 9.69 Å². The minimum absolute atomic E-state index is 0.0363. The Bertz CT molecular complexity index is 2530. The highest BCUT2D eigenvalue weighted by atomic mass is 32.1. The SMILES string of the molecule is COc1cc2c(cc1OCCCC(=O)Nc1cc(C(=O)Cc3ccc4sc(C(=O)N(C)C)cc4c3)cn1C)N(C(=O)OCc1ccc([N+](=O)[O-])cc1)C(O)C1CCCN1C2=O. The van der Waals surface area contributed by atoms with Crippen LogP contribution in [-0.4, -0.2) is 101 Å². The van der Waals surface area contributed by atoms with E-state index in [1.165, 1.54) is 64.6 Å². The first kappa shape index (κ1) is 42.3. The molecule has 18 heteroatoms. The number of ketones is 1. The van der Waals surface area contributed by atoms with E-state index in [4.69, 9.17) is 14.2 Å². The first-order chi connectivity index (χ1) is 29.2. The fourth-order valence-corrected chi connectivity index (χ4v) is 8.49. The number of fused-ring (bicyclic) bond motifs is 3. The summed E-state index contributed by atoms with van der Waals surface area (Å²) < 4.78 is 19.8. The molecule has 17 nitrogen and oxygen atoms in total. The summed E-state index contributed by atoms with van der Waals surface area (Å²) in [6.07, 6.45) is 0.774. The Labute approximate surface area is 354 Å². The van der Waals surface area contributed by atoms with Crippen LogP contribution in [0.5, 0.6) is 11.5 Å². The molecular weight excluding hydrogens is 809 g/mol. The Balaban J connectivity index is 0.984. The van der Waals surface area contributed by atoms with E-state index in [0.717, 1.165) is 20.5 Å². The van der Waals surface area contributed by atoms with E-state index >= 15 is 0 Å². The van der Waals surface area contributed by atoms with E-state index in [1.54, 1.807) is 38.0 Å². The van der Waals surface area contributed by atoms with Crippen molar-refractivity contribution in [1.29, 1.82) is 0 Å². The van der Waals surface area contributed by atoms with Gasteiger partial charge in [-0.1, -0.05) is 6.07 Å². The number of anilines is 2. The summed E-state index contributed by atoms with van der Waals surface area (Å²) >= 11 is 1.40. The van der Waals surface area contributed by atoms with Gasteiger partial charge in [0, 0.05) is 75.2 Å². The number of nitrogens with one attached hydrogen (secondary N) is 1. The molecule has 1 saturated heterocycles. The average Bonchev–Trinajstić information content (AvgIpc) is 3.99. The first-order valence-corrected chi connectivity index (χ1v) is 20.3. The van der Waals surface area contributed by atoms with Crippen LogP contribution in [-0.2, 0) is 29.6 Å². The molecule has 2 N–H and O–H groups in total. The number of aryl methyl sites for hydroxylation is 1. The second-order valence-electron chi connectivity index (χ2n) is 15.0. The molecule has 0 spiro atoms. The number of methoxy groups -OCH3 is 1. The lowest BCUT2D eigenvalue weighted by Gasteiger charge is -2.31. The number of ether oxygens (including phenoxy) is 3. The molecule has 2 unspecified atom stereocenters. The number of thiophene rings is 1. The van der Waals surface area contributed by atoms with Crippen LogP contribution in [0.15, 0.2) is 72.9 Å². The number of benzene rings is 3. The Hall–Kier alpha value is -6.79. The van der Waals surface area contributed by atoms with E-state index in [-0.39, 0.29) is 78.5 Å². The standard InChI is InChI=1S/C43H44N6O11S/c1-45(2)42(54)37-19-27-17-26(11-14-36(27)61-37)18-33(50)28-20-38(46(3)23-28)44-39(51)8-6-16-59-35-22-32-30(21-34(35)58-4)40(52)47-15-5-7-31(47)41(53)48(32)43(55)60-24-25-9-12-29(13-10-25)49(56)57/h9-14,17,19-23,31,41,53H,5-8,15-16,18,24H2,1-4H3,(H,44,51). The Morgan fingerprint density at radius 1 is 1.02 bits per heavy atom. The van der Waals surface area contributed by atoms with Crippen molar-refractivity contribution in [3.63, 3.8) is 0 Å². The summed E-state index contributed by atoms with van der Waals surface area (Å²) in [4.78, 5) is 81.4. The monoisotopic (exact) mass is 852 g/mol. The van der Waals surface area contributed by atoms with Crippen LogP contribution in [0, 0.1) is 10.1 Å². The van der Waals surface area contributed by atoms with E-state index in [1.807, 2.05) is 24.3 Å². The normalized spacial score (nSPS) is 15.8. The summed E-state index contributed by atoms with van der Waals surface area (Å²) in [6, 6.07) is 16.8. The predicted octanol–water partition coefficient (Wildman–Crippen LogP) is 6.16. The van der Waals surface area contributed by atoms with Gasteiger partial charge in [0.25, 0.3) is 17.5 Å². The van der Waals surface area contributed by atoms with Crippen LogP contribution in [0.4, 0.5) is 22.0 Å². The molecule has 0 aliphatic carbocycles. The third-order valence-electron chi connectivity index (χ3n) is 10.6. The number of aromatic nitrogens is 1. The van der Waals surface area contributed by atoms with E-state index in [2.05, 4.69) is 5.32 Å². The fourth-order valence-electron chi connectivity index (χ4n) is 7.43. The molecule has 61 heavy (non-hydrogen) atoms. The molecular formula is C43H44N6O11S. The number of nitro groups is 1. The van der Waals surface area contributed by atoms with Gasteiger partial charge >= 0.3 is 6.09 Å². The Kier molecular flexibility index (Phi) is 12.4. The van der Waals surface area contributed by atoms with Crippen LogP contribution in [0.2, 0.25) is 0 Å². The predicted molar refractivity (Wildman–Crippen MR) is 225 cm³/mol. The second kappa shape index (κ2) is 17.8. The molecule has 0 saturated carbocycles. The highest BCUT2D eigenvalue weighted by Crippen LogP contribution is 2.41. The van der Waals surface area contributed by atoms with Gasteiger partial charge in [0.15, 0.2) is 23.5 Å². The number of rotatable bonds is 14. The number of Topliss-reactive ketones (excluding diaryl/α,β-unsaturated/α-hetero) is 1. The van der Waals surface area contributed by atoms with Crippen LogP contribution >= 0.6 is 11.3 Å². The number of non-ortho nitro benzene ring substituents is 1. The molecule has 3 aromatic carbocycles. The largest absolute Gasteiger partial charge is 0.493 e. The van der Waals surface area contributed by atoms with Gasteiger partial charge in [0.05, 0.1) is 40.8 Å². The molecule has 4 heterocycles. The highest BCUT2D eigenvalue weighted by Gasteiger charge is 2.45. The van der Waals surface area contributed by atoms with Crippen molar-refractivity contribution in [3.8, 4) is 11.5 Å². The van der Waals surface area contributed by atoms with E-state index < -0.39 is 29.2 Å². The number of hydrogen-bond donors (Lipinski definition) is 2. The topological polar surface area (TPSA) is 203 Å². The zero-order valence-electron chi connectivity index (χ0n) is 33.9. The lowest BCUT2D eigenvalue weighted by molar-refractivity contribution is -0.384. The quantitative estimate of drug-likeness (QED) is 0.0561. The molecule has 2 aliphatic heterocycles. The van der Waals surface area contributed by atoms with E-state index in [9.17, 15) is 39.2 Å². The number of nitrogens with zero attached hydrogens (tertiary/aromatic N) is 5. The zero-order chi connectivity index (χ0) is 43.5. The van der Waals surface area contributed by atoms with Gasteiger partial charge < -0.3 is 39.0 Å². The number of nitro benzene ring substituents is 1. The number of amides is 4. The average molecular weight is 853 g/mol. The van der Waals surface area contributed by atoms with Gasteiger partial charge in [-0.3, -0.25) is 29.3 Å². The summed E-state index contributed by atoms with van der Waals surface area (Å²) in [7, 11) is 6.53. The van der Waals surface area contributed by atoms with Crippen LogP contribution in [0.1, 0.15) is 67.2 Å². The first-order valence-electron chi connectivity index (χ1n) is 19.5. The van der Waals surface area contributed by atoms with Crippen molar-refractivity contribution in [2.45, 2.75) is 51.0 Å². The third kappa shape index (κ3) is 9.04. The molecule has 2 aromatic heterocycles. The van der Waals surface area contributed by atoms with Crippen molar-refractivity contribution in [2.75, 3.05) is 44.6 Å². The van der Waals surface area contributed by atoms with Gasteiger partial charge in [-0.15, -0.1) is 11.3 Å². The summed E-state index contributed by atoms with van der Waals surface area (Å²) in [6.45, 7) is 0.161. The van der Waals surface area contributed by atoms with Crippen molar-refractivity contribution in [1.82, 2.24) is 14.4 Å². The molecule has 0 bridgehead atoms. The number of carbonyl (C=O) groups is 5. The number of aliphatic hydroxyl groups is 1. The number of hydrogen-bond acceptors (Lipinski definition) is 12. The molecule has 318 valence electrons. The molecule has 0 radical (unpaired) electrons. The molecule has 1 fully saturated rings. The van der Waals surface area contributed by atoms with Gasteiger partial charge in [0.2, 0.25) is 5.91 Å². The van der Waals surface area contributed by atoms with E-state index in [0.29, 0.717) is 41.2 Å². The van der Waals surface area contributed by atoms with Crippen molar-refractivity contribution < 1.29 is 48.2 Å². The number of carbonyl (C=O) groups excluding carboxylic acids is 5. The lowest BCUT2D eigenvalue weighted by atomic mass is 10.0. The van der Waals surface area contributed by atoms with Crippen LogP contribution in [0.25, 0.3) is 10.1 Å². The maximum Gasteiger partial charge on any atom is 0.416 e. The summed E-state index contributed by atoms with van der Waals surface area (Å²) in [5, 5.41) is 26.4. The van der Waals surface area contributed by atoms with Crippen LogP contribution in [0.3, 0.4) is 0 Å². The van der Waals surface area contributed by atoms with Gasteiger partial charge in [0.1, 0.15) is 12.4 Å². The zero-order valence-corrected chi connectivity index (χ0v) is 34.7. The van der Waals surface area contributed by atoms with Crippen molar-refractivity contribution in [3.05, 3.63) is 110 Å². The fraction of sp³-hybridized carbons (Fsp3) is 0.326. The van der Waals surface area contributed by atoms with Crippen molar-refractivity contribution in [2.24, 2.45) is 7.05 Å². The highest BCUT2D eigenvalue weighted by molar-refractivity contribution is 7.20. The minimum Gasteiger partial charge on any atom is -0.493 e. The molecule has 4 amide bonds. The minimum atomic E-state index is -1.46. The maximum atomic E-state index is 13.8. The molecule has 7 rings (SSSR count).